The number of sulfonamides is 1. The van der Waals surface area contributed by atoms with E-state index in [-0.39, 0.29) is 6.54 Å². The normalized spacial score (nSPS) is 17.2. The fourth-order valence-electron chi connectivity index (χ4n) is 2.62. The molecule has 0 aliphatic heterocycles. The highest BCUT2D eigenvalue weighted by Crippen LogP contribution is 2.27. The first kappa shape index (κ1) is 16.4. The number of fused-ring (bicyclic) bond motifs is 1. The molecule has 1 atom stereocenters. The van der Waals surface area contributed by atoms with Crippen LogP contribution < -0.4 is 4.72 Å². The third kappa shape index (κ3) is 3.55. The van der Waals surface area contributed by atoms with Crippen LogP contribution in [0, 0.1) is 0 Å². The van der Waals surface area contributed by atoms with Crippen molar-refractivity contribution < 1.29 is 13.5 Å². The number of nitrogens with one attached hydrogen (secondary N) is 1. The molecule has 1 aromatic heterocycles. The summed E-state index contributed by atoms with van der Waals surface area (Å²) in [6.07, 6.45) is 2.91. The van der Waals surface area contributed by atoms with Crippen LogP contribution in [0.15, 0.2) is 46.0 Å². The number of benzene rings is 1. The van der Waals surface area contributed by atoms with E-state index in [1.807, 2.05) is 35.0 Å². The molecule has 1 heterocycles. The smallest absolute Gasteiger partial charge is 0.236 e. The summed E-state index contributed by atoms with van der Waals surface area (Å²) in [6, 6.07) is 9.60. The first-order valence-corrected chi connectivity index (χ1v) is 9.84. The second-order valence-corrected chi connectivity index (χ2v) is 8.52. The number of hydrogen-bond donors (Lipinski definition) is 2. The quantitative estimate of drug-likeness (QED) is 0.872. The lowest BCUT2D eigenvalue weighted by atomic mass is 9.98. The molecule has 0 spiro atoms. The van der Waals surface area contributed by atoms with Crippen LogP contribution in [0.3, 0.4) is 0 Å². The maximum Gasteiger partial charge on any atom is 0.236 e. The molecule has 2 aromatic rings. The topological polar surface area (TPSA) is 66.4 Å². The molecule has 23 heavy (non-hydrogen) atoms. The standard InChI is InChI=1S/C17H19NO3S2/c1-17(19,15-8-9-22-11-15)12-18-23(20,21)16-7-6-13-4-2-3-5-14(13)10-16/h2-5,8-11,18-19H,6-7,12H2,1H3/t17-/m1/s1. The second-order valence-electron chi connectivity index (χ2n) is 5.92. The second kappa shape index (κ2) is 6.20. The summed E-state index contributed by atoms with van der Waals surface area (Å²) in [7, 11) is -3.60. The minimum Gasteiger partial charge on any atom is -0.384 e. The van der Waals surface area contributed by atoms with E-state index in [2.05, 4.69) is 4.72 Å². The molecule has 0 saturated heterocycles. The lowest BCUT2D eigenvalue weighted by molar-refractivity contribution is 0.0632. The minimum absolute atomic E-state index is 0.0505. The van der Waals surface area contributed by atoms with E-state index in [0.29, 0.717) is 23.3 Å². The van der Waals surface area contributed by atoms with Crippen LogP contribution in [0.5, 0.6) is 0 Å². The molecule has 0 bridgehead atoms. The number of thiophene rings is 1. The van der Waals surface area contributed by atoms with Gasteiger partial charge in [-0.05, 0) is 59.4 Å². The molecule has 3 rings (SSSR count). The number of aryl methyl sites for hydroxylation is 1. The van der Waals surface area contributed by atoms with Gasteiger partial charge >= 0.3 is 0 Å². The van der Waals surface area contributed by atoms with E-state index in [9.17, 15) is 13.5 Å². The van der Waals surface area contributed by atoms with Gasteiger partial charge in [0, 0.05) is 6.54 Å². The van der Waals surface area contributed by atoms with Gasteiger partial charge in [0.15, 0.2) is 0 Å². The van der Waals surface area contributed by atoms with Crippen molar-refractivity contribution in [2.75, 3.05) is 6.54 Å². The van der Waals surface area contributed by atoms with Gasteiger partial charge in [-0.25, -0.2) is 13.1 Å². The van der Waals surface area contributed by atoms with Crippen molar-refractivity contribution in [1.82, 2.24) is 4.72 Å². The maximum absolute atomic E-state index is 12.5. The molecular formula is C17H19NO3S2. The molecule has 0 radical (unpaired) electrons. The van der Waals surface area contributed by atoms with Gasteiger partial charge in [-0.15, -0.1) is 0 Å². The zero-order chi connectivity index (χ0) is 16.5. The average Bonchev–Trinajstić information content (AvgIpc) is 3.08. The molecule has 0 fully saturated rings. The number of aliphatic hydroxyl groups is 1. The van der Waals surface area contributed by atoms with E-state index in [0.717, 1.165) is 11.1 Å². The highest BCUT2D eigenvalue weighted by molar-refractivity contribution is 7.93. The number of hydrogen-bond acceptors (Lipinski definition) is 4. The molecule has 1 aromatic carbocycles. The summed E-state index contributed by atoms with van der Waals surface area (Å²) in [5.41, 5.74) is 1.61. The van der Waals surface area contributed by atoms with Crippen LogP contribution in [0.2, 0.25) is 0 Å². The summed E-state index contributed by atoms with van der Waals surface area (Å²) >= 11 is 1.47. The first-order valence-electron chi connectivity index (χ1n) is 7.42. The van der Waals surface area contributed by atoms with Gasteiger partial charge in [0.05, 0.1) is 4.91 Å². The van der Waals surface area contributed by atoms with Crippen LogP contribution in [0.1, 0.15) is 30.0 Å². The fraction of sp³-hybridized carbons (Fsp3) is 0.294. The van der Waals surface area contributed by atoms with E-state index in [1.54, 1.807) is 19.1 Å². The largest absolute Gasteiger partial charge is 0.384 e. The van der Waals surface area contributed by atoms with Crippen LogP contribution in [0.25, 0.3) is 6.08 Å². The van der Waals surface area contributed by atoms with E-state index in [1.165, 1.54) is 11.3 Å². The Hall–Kier alpha value is -1.47. The third-order valence-corrected chi connectivity index (χ3v) is 6.33. The number of allylic oxidation sites excluding steroid dienone is 1. The molecule has 1 aliphatic carbocycles. The monoisotopic (exact) mass is 349 g/mol. The summed E-state index contributed by atoms with van der Waals surface area (Å²) in [4.78, 5) is 0.373. The molecule has 4 nitrogen and oxygen atoms in total. The van der Waals surface area contributed by atoms with Crippen molar-refractivity contribution in [1.29, 1.82) is 0 Å². The average molecular weight is 349 g/mol. The van der Waals surface area contributed by atoms with Crippen LogP contribution in [0.4, 0.5) is 0 Å². The van der Waals surface area contributed by atoms with Gasteiger partial charge < -0.3 is 5.11 Å². The van der Waals surface area contributed by atoms with Crippen LogP contribution in [-0.2, 0) is 22.0 Å². The highest BCUT2D eigenvalue weighted by atomic mass is 32.2. The summed E-state index contributed by atoms with van der Waals surface area (Å²) in [5.74, 6) is 0. The fourth-order valence-corrected chi connectivity index (χ4v) is 4.71. The molecule has 0 saturated carbocycles. The van der Waals surface area contributed by atoms with Gasteiger partial charge in [-0.1, -0.05) is 24.3 Å². The Kier molecular flexibility index (Phi) is 4.42. The Labute approximate surface area is 140 Å². The SMILES string of the molecule is C[C@@](O)(CNS(=O)(=O)C1=Cc2ccccc2CC1)c1ccsc1. The third-order valence-electron chi connectivity index (χ3n) is 4.11. The Morgan fingerprint density at radius 1 is 1.26 bits per heavy atom. The summed E-state index contributed by atoms with van der Waals surface area (Å²) < 4.78 is 27.6. The van der Waals surface area contributed by atoms with Gasteiger partial charge in [0.2, 0.25) is 10.0 Å². The molecule has 6 heteroatoms. The molecule has 0 amide bonds. The predicted octanol–water partition coefficient (Wildman–Crippen LogP) is 2.86. The zero-order valence-corrected chi connectivity index (χ0v) is 14.5. The minimum atomic E-state index is -3.60. The predicted molar refractivity (Wildman–Crippen MR) is 93.6 cm³/mol. The van der Waals surface area contributed by atoms with Crippen LogP contribution in [-0.4, -0.2) is 20.1 Å². The van der Waals surface area contributed by atoms with Crippen molar-refractivity contribution in [3.05, 3.63) is 62.7 Å². The molecule has 0 unspecified atom stereocenters. The lowest BCUT2D eigenvalue weighted by Crippen LogP contribution is -2.39. The maximum atomic E-state index is 12.5. The Morgan fingerprint density at radius 2 is 2.04 bits per heavy atom. The van der Waals surface area contributed by atoms with Crippen molar-refractivity contribution in [3.8, 4) is 0 Å². The zero-order valence-electron chi connectivity index (χ0n) is 12.8. The molecular weight excluding hydrogens is 330 g/mol. The molecule has 122 valence electrons. The summed E-state index contributed by atoms with van der Waals surface area (Å²) in [5, 5.41) is 14.1. The molecule has 2 N–H and O–H groups in total. The Balaban J connectivity index is 1.77. The van der Waals surface area contributed by atoms with E-state index < -0.39 is 15.6 Å². The Morgan fingerprint density at radius 3 is 2.78 bits per heavy atom. The molecule has 1 aliphatic rings. The lowest BCUT2D eigenvalue weighted by Gasteiger charge is -2.24. The van der Waals surface area contributed by atoms with Gasteiger partial charge in [-0.3, -0.25) is 0 Å². The van der Waals surface area contributed by atoms with Crippen LogP contribution >= 0.6 is 11.3 Å². The van der Waals surface area contributed by atoms with Gasteiger partial charge in [-0.2, -0.15) is 11.3 Å². The van der Waals surface area contributed by atoms with Crippen molar-refractivity contribution in [3.63, 3.8) is 0 Å². The number of rotatable bonds is 5. The van der Waals surface area contributed by atoms with Gasteiger partial charge in [0.25, 0.3) is 0 Å². The van der Waals surface area contributed by atoms with Crippen molar-refractivity contribution in [2.45, 2.75) is 25.4 Å². The highest BCUT2D eigenvalue weighted by Gasteiger charge is 2.28. The van der Waals surface area contributed by atoms with Crippen molar-refractivity contribution >= 4 is 27.4 Å². The van der Waals surface area contributed by atoms with Crippen molar-refractivity contribution in [2.24, 2.45) is 0 Å². The van der Waals surface area contributed by atoms with E-state index >= 15 is 0 Å². The van der Waals surface area contributed by atoms with E-state index in [4.69, 9.17) is 0 Å². The van der Waals surface area contributed by atoms with Gasteiger partial charge in [0.1, 0.15) is 5.60 Å². The Bertz CT molecular complexity index is 821. The first-order chi connectivity index (χ1) is 10.9. The summed E-state index contributed by atoms with van der Waals surface area (Å²) in [6.45, 7) is 1.56.